The highest BCUT2D eigenvalue weighted by Gasteiger charge is 2.41. The highest BCUT2D eigenvalue weighted by Crippen LogP contribution is 2.17. The smallest absolute Gasteiger partial charge is 0.336 e. The van der Waals surface area contributed by atoms with Crippen molar-refractivity contribution in [2.75, 3.05) is 13.2 Å². The molecule has 4 atom stereocenters. The number of hydrogen-bond donors (Lipinski definition) is 7. The van der Waals surface area contributed by atoms with Gasteiger partial charge in [0.25, 0.3) is 0 Å². The number of aliphatic hydroxyl groups is 5. The van der Waals surface area contributed by atoms with E-state index in [-0.39, 0.29) is 0 Å². The Hall–Kier alpha value is -1.79. The van der Waals surface area contributed by atoms with Crippen LogP contribution in [0, 0.1) is 0 Å². The van der Waals surface area contributed by atoms with E-state index in [1.807, 2.05) is 0 Å². The summed E-state index contributed by atoms with van der Waals surface area (Å²) in [6.07, 6.45) is -7.72. The molecule has 0 rings (SSSR count). The molecular formula is C11H18O11. The van der Waals surface area contributed by atoms with Crippen molar-refractivity contribution >= 4 is 17.9 Å². The Bertz CT molecular complexity index is 409. The third-order valence-electron chi connectivity index (χ3n) is 2.67. The molecule has 11 nitrogen and oxygen atoms in total. The van der Waals surface area contributed by atoms with Crippen LogP contribution < -0.4 is 0 Å². The van der Waals surface area contributed by atoms with Crippen molar-refractivity contribution in [1.82, 2.24) is 0 Å². The number of carbonyl (C=O) groups is 3. The van der Waals surface area contributed by atoms with Crippen molar-refractivity contribution in [2.24, 2.45) is 0 Å². The molecule has 0 spiro atoms. The predicted molar refractivity (Wildman–Crippen MR) is 65.5 cm³/mol. The van der Waals surface area contributed by atoms with Crippen LogP contribution in [-0.2, 0) is 19.1 Å². The fourth-order valence-electron chi connectivity index (χ4n) is 1.40. The number of hydrogen-bond acceptors (Lipinski definition) is 9. The monoisotopic (exact) mass is 326 g/mol. The van der Waals surface area contributed by atoms with E-state index in [2.05, 4.69) is 4.74 Å². The number of carboxylic acid groups (broad SMARTS) is 2. The van der Waals surface area contributed by atoms with Gasteiger partial charge in [-0.25, -0.2) is 4.79 Å². The first-order chi connectivity index (χ1) is 10.0. The Labute approximate surface area is 124 Å². The average Bonchev–Trinajstić information content (AvgIpc) is 2.41. The van der Waals surface area contributed by atoms with E-state index in [1.54, 1.807) is 0 Å². The number of esters is 1. The van der Waals surface area contributed by atoms with E-state index < -0.39 is 67.9 Å². The summed E-state index contributed by atoms with van der Waals surface area (Å²) in [5, 5.41) is 63.0. The van der Waals surface area contributed by atoms with E-state index in [0.717, 1.165) is 0 Å². The molecule has 0 aromatic carbocycles. The molecule has 0 saturated heterocycles. The first-order valence-electron chi connectivity index (χ1n) is 6.01. The normalized spacial score (nSPS) is 17.9. The van der Waals surface area contributed by atoms with Crippen LogP contribution in [0.15, 0.2) is 0 Å². The SMILES string of the molecule is O=C(O)CC(O)(CC(=O)OC[C@H](O)[C@@H](O)[C@H](O)CO)C(=O)O. The Kier molecular flexibility index (Phi) is 7.90. The second-order valence-electron chi connectivity index (χ2n) is 4.57. The number of carboxylic acids is 2. The molecule has 0 aliphatic carbocycles. The van der Waals surface area contributed by atoms with Crippen LogP contribution in [0.4, 0.5) is 0 Å². The van der Waals surface area contributed by atoms with Gasteiger partial charge in [0.15, 0.2) is 5.60 Å². The number of aliphatic hydroxyl groups excluding tert-OH is 4. The lowest BCUT2D eigenvalue weighted by Gasteiger charge is -2.23. The molecule has 0 radical (unpaired) electrons. The molecule has 1 unspecified atom stereocenters. The third kappa shape index (κ3) is 6.32. The summed E-state index contributed by atoms with van der Waals surface area (Å²) < 4.78 is 4.39. The first kappa shape index (κ1) is 20.2. The maximum absolute atomic E-state index is 11.4. The number of carbonyl (C=O) groups excluding carboxylic acids is 1. The molecule has 0 fully saturated rings. The summed E-state index contributed by atoms with van der Waals surface area (Å²) >= 11 is 0. The molecule has 0 saturated carbocycles. The van der Waals surface area contributed by atoms with E-state index in [4.69, 9.17) is 20.4 Å². The predicted octanol–water partition coefficient (Wildman–Crippen LogP) is -3.71. The van der Waals surface area contributed by atoms with Gasteiger partial charge in [-0.2, -0.15) is 0 Å². The fourth-order valence-corrected chi connectivity index (χ4v) is 1.40. The highest BCUT2D eigenvalue weighted by molar-refractivity contribution is 5.88. The quantitative estimate of drug-likeness (QED) is 0.194. The Morgan fingerprint density at radius 1 is 1.00 bits per heavy atom. The molecule has 0 aromatic heterocycles. The van der Waals surface area contributed by atoms with Gasteiger partial charge in [0.05, 0.1) is 19.4 Å². The molecule has 7 N–H and O–H groups in total. The Balaban J connectivity index is 4.54. The third-order valence-corrected chi connectivity index (χ3v) is 2.67. The van der Waals surface area contributed by atoms with Crippen molar-refractivity contribution in [3.05, 3.63) is 0 Å². The standard InChI is InChI=1S/C11H18O11/c12-3-5(13)9(18)6(14)4-22-8(17)2-11(21,10(19)20)1-7(15)16/h5-6,9,12-14,18,21H,1-4H2,(H,15,16)(H,19,20)/t5-,6+,9+,11?/m1/s1. The van der Waals surface area contributed by atoms with Gasteiger partial charge in [-0.3, -0.25) is 9.59 Å². The minimum Gasteiger partial charge on any atom is -0.481 e. The maximum Gasteiger partial charge on any atom is 0.336 e. The van der Waals surface area contributed by atoms with Gasteiger partial charge in [-0.05, 0) is 0 Å². The first-order valence-corrected chi connectivity index (χ1v) is 6.01. The van der Waals surface area contributed by atoms with Crippen molar-refractivity contribution in [2.45, 2.75) is 36.8 Å². The molecule has 11 heteroatoms. The van der Waals surface area contributed by atoms with Crippen molar-refractivity contribution in [1.29, 1.82) is 0 Å². The maximum atomic E-state index is 11.4. The lowest BCUT2D eigenvalue weighted by atomic mass is 9.96. The lowest BCUT2D eigenvalue weighted by molar-refractivity contribution is -0.174. The zero-order valence-electron chi connectivity index (χ0n) is 11.3. The van der Waals surface area contributed by atoms with Gasteiger partial charge in [0, 0.05) is 0 Å². The second kappa shape index (κ2) is 8.60. The fraction of sp³-hybridized carbons (Fsp3) is 0.727. The summed E-state index contributed by atoms with van der Waals surface area (Å²) in [4.78, 5) is 32.6. The van der Waals surface area contributed by atoms with Crippen LogP contribution >= 0.6 is 0 Å². The van der Waals surface area contributed by atoms with Crippen LogP contribution in [0.3, 0.4) is 0 Å². The molecule has 22 heavy (non-hydrogen) atoms. The molecule has 128 valence electrons. The van der Waals surface area contributed by atoms with E-state index in [1.165, 1.54) is 0 Å². The van der Waals surface area contributed by atoms with Crippen LogP contribution in [0.1, 0.15) is 12.8 Å². The summed E-state index contributed by atoms with van der Waals surface area (Å²) in [5.74, 6) is -4.93. The van der Waals surface area contributed by atoms with Gasteiger partial charge >= 0.3 is 17.9 Å². The van der Waals surface area contributed by atoms with Gasteiger partial charge in [0.2, 0.25) is 0 Å². The van der Waals surface area contributed by atoms with Crippen molar-refractivity contribution in [3.8, 4) is 0 Å². The Morgan fingerprint density at radius 3 is 1.95 bits per heavy atom. The van der Waals surface area contributed by atoms with Crippen LogP contribution in [0.2, 0.25) is 0 Å². The number of aliphatic carboxylic acids is 2. The summed E-state index contributed by atoms with van der Waals surface area (Å²) in [7, 11) is 0. The highest BCUT2D eigenvalue weighted by atomic mass is 16.5. The van der Waals surface area contributed by atoms with Crippen LogP contribution in [-0.4, -0.2) is 90.8 Å². The summed E-state index contributed by atoms with van der Waals surface area (Å²) in [6, 6.07) is 0. The average molecular weight is 326 g/mol. The van der Waals surface area contributed by atoms with E-state index >= 15 is 0 Å². The number of rotatable bonds is 10. The van der Waals surface area contributed by atoms with Gasteiger partial charge in [0.1, 0.15) is 24.9 Å². The molecular weight excluding hydrogens is 308 g/mol. The molecule has 0 aromatic rings. The zero-order valence-corrected chi connectivity index (χ0v) is 11.3. The van der Waals surface area contributed by atoms with Crippen molar-refractivity contribution < 1.29 is 54.9 Å². The molecule has 0 aliphatic rings. The topological polar surface area (TPSA) is 202 Å². The number of ether oxygens (including phenoxy) is 1. The lowest BCUT2D eigenvalue weighted by Crippen LogP contribution is -2.45. The van der Waals surface area contributed by atoms with Gasteiger partial charge in [-0.1, -0.05) is 0 Å². The molecule has 0 bridgehead atoms. The van der Waals surface area contributed by atoms with E-state index in [0.29, 0.717) is 0 Å². The molecule has 0 amide bonds. The Morgan fingerprint density at radius 2 is 1.55 bits per heavy atom. The van der Waals surface area contributed by atoms with Crippen LogP contribution in [0.5, 0.6) is 0 Å². The molecule has 0 aliphatic heterocycles. The minimum absolute atomic E-state index is 0.858. The molecule has 0 heterocycles. The van der Waals surface area contributed by atoms with E-state index in [9.17, 15) is 29.7 Å². The van der Waals surface area contributed by atoms with Crippen LogP contribution in [0.25, 0.3) is 0 Å². The van der Waals surface area contributed by atoms with Crippen molar-refractivity contribution in [3.63, 3.8) is 0 Å². The largest absolute Gasteiger partial charge is 0.481 e. The minimum atomic E-state index is -2.88. The summed E-state index contributed by atoms with van der Waals surface area (Å²) in [5.41, 5.74) is -2.88. The van der Waals surface area contributed by atoms with Gasteiger partial charge in [-0.15, -0.1) is 0 Å². The summed E-state index contributed by atoms with van der Waals surface area (Å²) in [6.45, 7) is -1.72. The van der Waals surface area contributed by atoms with Gasteiger partial charge < -0.3 is 40.5 Å². The second-order valence-corrected chi connectivity index (χ2v) is 4.57. The zero-order chi connectivity index (χ0) is 17.5.